The highest BCUT2D eigenvalue weighted by Crippen LogP contribution is 2.30. The van der Waals surface area contributed by atoms with E-state index in [0.29, 0.717) is 18.0 Å². The van der Waals surface area contributed by atoms with Crippen molar-refractivity contribution in [3.05, 3.63) is 82.2 Å². The third-order valence-corrected chi connectivity index (χ3v) is 5.97. The van der Waals surface area contributed by atoms with Crippen LogP contribution in [0.1, 0.15) is 35.7 Å². The van der Waals surface area contributed by atoms with Gasteiger partial charge in [0.1, 0.15) is 0 Å². The van der Waals surface area contributed by atoms with E-state index in [9.17, 15) is 14.9 Å². The molecule has 0 spiro atoms. The number of piperidine rings is 1. The van der Waals surface area contributed by atoms with Gasteiger partial charge in [-0.3, -0.25) is 14.9 Å². The van der Waals surface area contributed by atoms with E-state index in [1.165, 1.54) is 12.1 Å². The van der Waals surface area contributed by atoms with E-state index in [0.717, 1.165) is 42.9 Å². The molecule has 3 aromatic rings. The fraction of sp³-hybridized carbons (Fsp3) is 0.333. The summed E-state index contributed by atoms with van der Waals surface area (Å²) < 4.78 is 1.77. The van der Waals surface area contributed by atoms with E-state index in [2.05, 4.69) is 16.9 Å². The summed E-state index contributed by atoms with van der Waals surface area (Å²) in [4.78, 5) is 28.0. The third kappa shape index (κ3) is 4.64. The molecular formula is C24H27N5O3. The summed E-state index contributed by atoms with van der Waals surface area (Å²) in [6.07, 6.45) is 5.70. The minimum atomic E-state index is -0.456. The van der Waals surface area contributed by atoms with E-state index in [1.54, 1.807) is 28.9 Å². The van der Waals surface area contributed by atoms with Gasteiger partial charge in [0.25, 0.3) is 11.6 Å². The smallest absolute Gasteiger partial charge is 0.270 e. The lowest BCUT2D eigenvalue weighted by Crippen LogP contribution is -2.35. The molecule has 8 nitrogen and oxygen atoms in total. The van der Waals surface area contributed by atoms with Gasteiger partial charge >= 0.3 is 0 Å². The number of anilines is 1. The number of benzene rings is 2. The largest absolute Gasteiger partial charge is 0.371 e. The molecule has 1 aliphatic rings. The van der Waals surface area contributed by atoms with Gasteiger partial charge in [-0.05, 0) is 37.0 Å². The van der Waals surface area contributed by atoms with Crippen LogP contribution in [-0.4, -0.2) is 45.6 Å². The van der Waals surface area contributed by atoms with Crippen molar-refractivity contribution in [1.29, 1.82) is 0 Å². The minimum absolute atomic E-state index is 0.0761. The molecule has 1 aliphatic heterocycles. The average molecular weight is 434 g/mol. The van der Waals surface area contributed by atoms with Crippen LogP contribution in [-0.2, 0) is 6.54 Å². The first-order valence-electron chi connectivity index (χ1n) is 10.8. The van der Waals surface area contributed by atoms with Crippen molar-refractivity contribution < 1.29 is 9.72 Å². The van der Waals surface area contributed by atoms with Crippen LogP contribution in [0.3, 0.4) is 0 Å². The molecule has 4 rings (SSSR count). The SMILES string of the molecule is CC1CCN(c2ccc([N+](=O)[O-])cc2C(=O)N(C)Cc2cnn(-c3ccccc3)c2)CC1. The molecule has 0 bridgehead atoms. The maximum atomic E-state index is 13.4. The van der Waals surface area contributed by atoms with Crippen molar-refractivity contribution in [3.63, 3.8) is 0 Å². The predicted molar refractivity (Wildman–Crippen MR) is 123 cm³/mol. The molecule has 0 unspecified atom stereocenters. The zero-order chi connectivity index (χ0) is 22.7. The van der Waals surface area contributed by atoms with Crippen LogP contribution in [0.2, 0.25) is 0 Å². The number of nitro groups is 1. The Balaban J connectivity index is 1.56. The van der Waals surface area contributed by atoms with Crippen molar-refractivity contribution in [2.75, 3.05) is 25.0 Å². The first kappa shape index (κ1) is 21.5. The molecule has 1 aromatic heterocycles. The number of carbonyl (C=O) groups excluding carboxylic acids is 1. The molecule has 1 fully saturated rings. The van der Waals surface area contributed by atoms with Crippen LogP contribution in [0, 0.1) is 16.0 Å². The summed E-state index contributed by atoms with van der Waals surface area (Å²) in [5.41, 5.74) is 2.87. The molecule has 2 heterocycles. The molecule has 32 heavy (non-hydrogen) atoms. The number of hydrogen-bond acceptors (Lipinski definition) is 5. The monoisotopic (exact) mass is 433 g/mol. The lowest BCUT2D eigenvalue weighted by atomic mass is 9.97. The van der Waals surface area contributed by atoms with E-state index in [-0.39, 0.29) is 11.6 Å². The Kier molecular flexibility index (Phi) is 6.20. The molecule has 2 aromatic carbocycles. The highest BCUT2D eigenvalue weighted by molar-refractivity contribution is 6.00. The Labute approximate surface area is 187 Å². The number of nitro benzene ring substituents is 1. The molecule has 0 N–H and O–H groups in total. The van der Waals surface area contributed by atoms with Crippen molar-refractivity contribution in [1.82, 2.24) is 14.7 Å². The Morgan fingerprint density at radius 1 is 1.19 bits per heavy atom. The van der Waals surface area contributed by atoms with Gasteiger partial charge in [-0.2, -0.15) is 5.10 Å². The van der Waals surface area contributed by atoms with Gasteiger partial charge in [-0.1, -0.05) is 25.1 Å². The van der Waals surface area contributed by atoms with Gasteiger partial charge < -0.3 is 9.80 Å². The predicted octanol–water partition coefficient (Wildman–Crippen LogP) is 4.29. The Morgan fingerprint density at radius 2 is 1.91 bits per heavy atom. The average Bonchev–Trinajstić information content (AvgIpc) is 3.27. The van der Waals surface area contributed by atoms with Crippen LogP contribution >= 0.6 is 0 Å². The van der Waals surface area contributed by atoms with Crippen LogP contribution in [0.25, 0.3) is 5.69 Å². The highest BCUT2D eigenvalue weighted by Gasteiger charge is 2.25. The van der Waals surface area contributed by atoms with Crippen LogP contribution in [0.4, 0.5) is 11.4 Å². The van der Waals surface area contributed by atoms with E-state index < -0.39 is 4.92 Å². The molecule has 0 aliphatic carbocycles. The fourth-order valence-corrected chi connectivity index (χ4v) is 4.05. The molecule has 1 saturated heterocycles. The Hall–Kier alpha value is -3.68. The minimum Gasteiger partial charge on any atom is -0.371 e. The molecule has 0 atom stereocenters. The van der Waals surface area contributed by atoms with Crippen LogP contribution in [0.5, 0.6) is 0 Å². The van der Waals surface area contributed by atoms with Crippen molar-refractivity contribution in [3.8, 4) is 5.69 Å². The topological polar surface area (TPSA) is 84.5 Å². The van der Waals surface area contributed by atoms with E-state index >= 15 is 0 Å². The lowest BCUT2D eigenvalue weighted by molar-refractivity contribution is -0.384. The zero-order valence-corrected chi connectivity index (χ0v) is 18.3. The summed E-state index contributed by atoms with van der Waals surface area (Å²) in [5.74, 6) is 0.405. The molecule has 0 radical (unpaired) electrons. The second kappa shape index (κ2) is 9.21. The quantitative estimate of drug-likeness (QED) is 0.428. The molecule has 1 amide bonds. The Bertz CT molecular complexity index is 1100. The molecule has 0 saturated carbocycles. The standard InChI is InChI=1S/C24H27N5O3/c1-18-10-12-27(13-11-18)23-9-8-21(29(31)32)14-22(23)24(30)26(2)16-19-15-25-28(17-19)20-6-4-3-5-7-20/h3-9,14-15,17-18H,10-13,16H2,1-2H3. The maximum Gasteiger partial charge on any atom is 0.270 e. The number of hydrogen-bond donors (Lipinski definition) is 0. The summed E-state index contributed by atoms with van der Waals surface area (Å²) in [5, 5.41) is 15.7. The number of nitrogens with zero attached hydrogens (tertiary/aromatic N) is 5. The van der Waals surface area contributed by atoms with E-state index in [1.807, 2.05) is 36.5 Å². The third-order valence-electron chi connectivity index (χ3n) is 5.97. The molecular weight excluding hydrogens is 406 g/mol. The maximum absolute atomic E-state index is 13.4. The number of amides is 1. The van der Waals surface area contributed by atoms with Gasteiger partial charge in [0, 0.05) is 50.6 Å². The number of para-hydroxylation sites is 1. The zero-order valence-electron chi connectivity index (χ0n) is 18.3. The van der Waals surface area contributed by atoms with Crippen molar-refractivity contribution >= 4 is 17.3 Å². The second-order valence-electron chi connectivity index (χ2n) is 8.42. The van der Waals surface area contributed by atoms with Gasteiger partial charge in [0.05, 0.1) is 28.1 Å². The van der Waals surface area contributed by atoms with Gasteiger partial charge in [-0.15, -0.1) is 0 Å². The lowest BCUT2D eigenvalue weighted by Gasteiger charge is -2.33. The number of aromatic nitrogens is 2. The van der Waals surface area contributed by atoms with Gasteiger partial charge in [-0.25, -0.2) is 4.68 Å². The van der Waals surface area contributed by atoms with Crippen molar-refractivity contribution in [2.24, 2.45) is 5.92 Å². The normalized spacial score (nSPS) is 14.4. The first-order valence-corrected chi connectivity index (χ1v) is 10.8. The summed E-state index contributed by atoms with van der Waals surface area (Å²) >= 11 is 0. The fourth-order valence-electron chi connectivity index (χ4n) is 4.05. The summed E-state index contributed by atoms with van der Waals surface area (Å²) in [7, 11) is 1.71. The van der Waals surface area contributed by atoms with Gasteiger partial charge in [0.2, 0.25) is 0 Å². The Morgan fingerprint density at radius 3 is 2.59 bits per heavy atom. The van der Waals surface area contributed by atoms with Crippen LogP contribution in [0.15, 0.2) is 60.9 Å². The first-order chi connectivity index (χ1) is 15.4. The summed E-state index contributed by atoms with van der Waals surface area (Å²) in [6, 6.07) is 14.3. The number of carbonyl (C=O) groups is 1. The summed E-state index contributed by atoms with van der Waals surface area (Å²) in [6.45, 7) is 4.26. The second-order valence-corrected chi connectivity index (χ2v) is 8.42. The number of non-ortho nitro benzene ring substituents is 1. The molecule has 166 valence electrons. The van der Waals surface area contributed by atoms with Crippen LogP contribution < -0.4 is 4.90 Å². The highest BCUT2D eigenvalue weighted by atomic mass is 16.6. The molecule has 8 heteroatoms. The van der Waals surface area contributed by atoms with Crippen molar-refractivity contribution in [2.45, 2.75) is 26.3 Å². The van der Waals surface area contributed by atoms with Gasteiger partial charge in [0.15, 0.2) is 0 Å². The number of rotatable bonds is 6. The van der Waals surface area contributed by atoms with E-state index in [4.69, 9.17) is 0 Å².